The van der Waals surface area contributed by atoms with E-state index in [1.165, 1.54) is 70.9 Å². The molecule has 0 amide bonds. The minimum Gasteiger partial charge on any atom is -0.316 e. The summed E-state index contributed by atoms with van der Waals surface area (Å²) in [5.41, 5.74) is 0. The molecule has 0 aromatic carbocycles. The third kappa shape index (κ3) is 4.55. The lowest BCUT2D eigenvalue weighted by atomic mass is 9.85. The monoisotopic (exact) mass is 252 g/mol. The smallest absolute Gasteiger partial charge is 0.00893 e. The Labute approximate surface area is 114 Å². The molecular formula is C16H32N2. The van der Waals surface area contributed by atoms with Crippen LogP contribution in [0.25, 0.3) is 0 Å². The Morgan fingerprint density at radius 2 is 1.33 bits per heavy atom. The van der Waals surface area contributed by atoms with Crippen LogP contribution in [-0.2, 0) is 0 Å². The molecule has 0 aliphatic heterocycles. The molecule has 0 unspecified atom stereocenters. The largest absolute Gasteiger partial charge is 0.316 e. The summed E-state index contributed by atoms with van der Waals surface area (Å²) in [6.07, 6.45) is 13.0. The van der Waals surface area contributed by atoms with Crippen LogP contribution in [0.4, 0.5) is 0 Å². The quantitative estimate of drug-likeness (QED) is 0.808. The van der Waals surface area contributed by atoms with Gasteiger partial charge in [-0.2, -0.15) is 0 Å². The summed E-state index contributed by atoms with van der Waals surface area (Å²) < 4.78 is 0. The van der Waals surface area contributed by atoms with Crippen LogP contribution in [0.15, 0.2) is 0 Å². The third-order valence-corrected chi connectivity index (χ3v) is 5.14. The summed E-state index contributed by atoms with van der Waals surface area (Å²) in [5, 5.41) is 3.76. The van der Waals surface area contributed by atoms with Gasteiger partial charge in [0.1, 0.15) is 0 Å². The normalized spacial score (nSPS) is 30.8. The van der Waals surface area contributed by atoms with E-state index < -0.39 is 0 Å². The van der Waals surface area contributed by atoms with E-state index in [-0.39, 0.29) is 0 Å². The fourth-order valence-corrected chi connectivity index (χ4v) is 3.75. The lowest BCUT2D eigenvalue weighted by molar-refractivity contribution is 0.190. The molecule has 0 atom stereocenters. The van der Waals surface area contributed by atoms with Crippen LogP contribution >= 0.6 is 0 Å². The molecule has 1 N–H and O–H groups in total. The topological polar surface area (TPSA) is 15.3 Å². The Morgan fingerprint density at radius 3 is 1.89 bits per heavy atom. The van der Waals surface area contributed by atoms with Gasteiger partial charge in [-0.15, -0.1) is 0 Å². The summed E-state index contributed by atoms with van der Waals surface area (Å²) in [7, 11) is 4.46. The Kier molecular flexibility index (Phi) is 5.97. The zero-order valence-corrected chi connectivity index (χ0v) is 12.5. The van der Waals surface area contributed by atoms with Crippen molar-refractivity contribution in [1.29, 1.82) is 0 Å². The van der Waals surface area contributed by atoms with E-state index in [1.807, 2.05) is 0 Å². The second-order valence-electron chi connectivity index (χ2n) is 6.80. The van der Waals surface area contributed by atoms with Gasteiger partial charge in [-0.1, -0.05) is 19.3 Å². The van der Waals surface area contributed by atoms with Gasteiger partial charge in [0.25, 0.3) is 0 Å². The molecule has 2 rings (SSSR count). The van der Waals surface area contributed by atoms with E-state index in [2.05, 4.69) is 24.3 Å². The van der Waals surface area contributed by atoms with Crippen molar-refractivity contribution in [3.8, 4) is 0 Å². The zero-order valence-electron chi connectivity index (χ0n) is 12.5. The number of rotatable bonds is 5. The molecule has 0 spiro atoms. The van der Waals surface area contributed by atoms with E-state index >= 15 is 0 Å². The van der Waals surface area contributed by atoms with Crippen molar-refractivity contribution in [3.63, 3.8) is 0 Å². The number of nitrogens with one attached hydrogen (secondary N) is 1. The van der Waals surface area contributed by atoms with Crippen molar-refractivity contribution in [2.75, 3.05) is 27.2 Å². The molecule has 2 heteroatoms. The van der Waals surface area contributed by atoms with Crippen molar-refractivity contribution in [2.45, 2.75) is 63.8 Å². The molecule has 0 aromatic rings. The van der Waals surface area contributed by atoms with Crippen molar-refractivity contribution < 1.29 is 0 Å². The highest BCUT2D eigenvalue weighted by molar-refractivity contribution is 4.78. The summed E-state index contributed by atoms with van der Waals surface area (Å²) in [4.78, 5) is 2.41. The standard InChI is InChI=1S/C16H32N2/c1-18(2)16-10-8-15(9-11-16)13-17-12-14-6-4-3-5-7-14/h14-17H,3-13H2,1-2H3. The van der Waals surface area contributed by atoms with Gasteiger partial charge in [0, 0.05) is 6.04 Å². The van der Waals surface area contributed by atoms with E-state index in [0.717, 1.165) is 17.9 Å². The first kappa shape index (κ1) is 14.3. The van der Waals surface area contributed by atoms with Crippen molar-refractivity contribution in [3.05, 3.63) is 0 Å². The van der Waals surface area contributed by atoms with Crippen molar-refractivity contribution in [1.82, 2.24) is 10.2 Å². The van der Waals surface area contributed by atoms with Gasteiger partial charge in [0.05, 0.1) is 0 Å². The Morgan fingerprint density at radius 1 is 0.778 bits per heavy atom. The molecule has 2 aliphatic carbocycles. The van der Waals surface area contributed by atoms with Gasteiger partial charge in [-0.25, -0.2) is 0 Å². The predicted octanol–water partition coefficient (Wildman–Crippen LogP) is 3.28. The second-order valence-corrected chi connectivity index (χ2v) is 6.80. The number of hydrogen-bond acceptors (Lipinski definition) is 2. The van der Waals surface area contributed by atoms with Crippen molar-refractivity contribution in [2.24, 2.45) is 11.8 Å². The fourth-order valence-electron chi connectivity index (χ4n) is 3.75. The van der Waals surface area contributed by atoms with E-state index in [0.29, 0.717) is 0 Å². The first-order chi connectivity index (χ1) is 8.75. The van der Waals surface area contributed by atoms with Gasteiger partial charge in [-0.3, -0.25) is 0 Å². The van der Waals surface area contributed by atoms with Crippen LogP contribution in [-0.4, -0.2) is 38.1 Å². The third-order valence-electron chi connectivity index (χ3n) is 5.14. The Hall–Kier alpha value is -0.0800. The molecule has 2 fully saturated rings. The summed E-state index contributed by atoms with van der Waals surface area (Å²) >= 11 is 0. The summed E-state index contributed by atoms with van der Waals surface area (Å²) in [6, 6.07) is 0.847. The zero-order chi connectivity index (χ0) is 12.8. The predicted molar refractivity (Wildman–Crippen MR) is 78.9 cm³/mol. The van der Waals surface area contributed by atoms with E-state index in [1.54, 1.807) is 0 Å². The van der Waals surface area contributed by atoms with Crippen molar-refractivity contribution >= 4 is 0 Å². The second kappa shape index (κ2) is 7.49. The molecule has 0 saturated heterocycles. The molecule has 0 bridgehead atoms. The molecule has 0 radical (unpaired) electrons. The average molecular weight is 252 g/mol. The van der Waals surface area contributed by atoms with Gasteiger partial charge >= 0.3 is 0 Å². The molecule has 2 saturated carbocycles. The minimum atomic E-state index is 0.847. The molecule has 0 aromatic heterocycles. The first-order valence-electron chi connectivity index (χ1n) is 8.13. The van der Waals surface area contributed by atoms with Crippen LogP contribution in [0.3, 0.4) is 0 Å². The van der Waals surface area contributed by atoms with E-state index in [4.69, 9.17) is 0 Å². The SMILES string of the molecule is CN(C)C1CCC(CNCC2CCCCC2)CC1. The Balaban J connectivity index is 1.55. The van der Waals surface area contributed by atoms with Gasteiger partial charge in [0.15, 0.2) is 0 Å². The average Bonchev–Trinajstić information content (AvgIpc) is 2.40. The van der Waals surface area contributed by atoms with Crippen LogP contribution in [0, 0.1) is 11.8 Å². The first-order valence-corrected chi connectivity index (χ1v) is 8.13. The van der Waals surface area contributed by atoms with Gasteiger partial charge in [0.2, 0.25) is 0 Å². The highest BCUT2D eigenvalue weighted by Gasteiger charge is 2.22. The minimum absolute atomic E-state index is 0.847. The maximum atomic E-state index is 3.76. The molecule has 106 valence electrons. The lowest BCUT2D eigenvalue weighted by Crippen LogP contribution is -2.36. The van der Waals surface area contributed by atoms with Gasteiger partial charge < -0.3 is 10.2 Å². The molecule has 18 heavy (non-hydrogen) atoms. The molecule has 0 heterocycles. The summed E-state index contributed by atoms with van der Waals surface area (Å²) in [5.74, 6) is 1.93. The molecule has 2 nitrogen and oxygen atoms in total. The number of hydrogen-bond donors (Lipinski definition) is 1. The van der Waals surface area contributed by atoms with Crippen LogP contribution in [0.5, 0.6) is 0 Å². The molecular weight excluding hydrogens is 220 g/mol. The maximum absolute atomic E-state index is 3.76. The highest BCUT2D eigenvalue weighted by atomic mass is 15.1. The molecule has 2 aliphatic rings. The summed E-state index contributed by atoms with van der Waals surface area (Å²) in [6.45, 7) is 2.56. The maximum Gasteiger partial charge on any atom is 0.00893 e. The van der Waals surface area contributed by atoms with Crippen LogP contribution in [0.1, 0.15) is 57.8 Å². The van der Waals surface area contributed by atoms with Crippen LogP contribution in [0.2, 0.25) is 0 Å². The Bertz CT molecular complexity index is 213. The fraction of sp³-hybridized carbons (Fsp3) is 1.00. The van der Waals surface area contributed by atoms with Crippen LogP contribution < -0.4 is 5.32 Å². The lowest BCUT2D eigenvalue weighted by Gasteiger charge is -2.33. The van der Waals surface area contributed by atoms with Gasteiger partial charge in [-0.05, 0) is 77.5 Å². The highest BCUT2D eigenvalue weighted by Crippen LogP contribution is 2.26. The number of nitrogens with zero attached hydrogens (tertiary/aromatic N) is 1. The van der Waals surface area contributed by atoms with E-state index in [9.17, 15) is 0 Å².